The molecule has 1 heteroatoms. The molecule has 2 bridgehead atoms. The highest BCUT2D eigenvalue weighted by atomic mass is 15.1. The molecule has 0 aromatic heterocycles. The highest BCUT2D eigenvalue weighted by Crippen LogP contribution is 2.30. The fraction of sp³-hybridized carbons (Fsp3) is 0.800. The molecule has 0 aromatic carbocycles. The van der Waals surface area contributed by atoms with Gasteiger partial charge in [0.2, 0.25) is 0 Å². The summed E-state index contributed by atoms with van der Waals surface area (Å²) in [5, 5.41) is 0. The number of hydrogen-bond acceptors (Lipinski definition) is 1. The second kappa shape index (κ2) is 2.63. The molecular weight excluding hydrogens is 134 g/mol. The van der Waals surface area contributed by atoms with Gasteiger partial charge in [0.25, 0.3) is 0 Å². The molecule has 2 unspecified atom stereocenters. The monoisotopic (exact) mass is 151 g/mol. The summed E-state index contributed by atoms with van der Waals surface area (Å²) in [5.41, 5.74) is 3.31. The van der Waals surface area contributed by atoms with Crippen LogP contribution < -0.4 is 0 Å². The predicted molar refractivity (Wildman–Crippen MR) is 47.5 cm³/mol. The Labute approximate surface area is 69.1 Å². The van der Waals surface area contributed by atoms with E-state index in [0.29, 0.717) is 0 Å². The Kier molecular flexibility index (Phi) is 1.76. The Hall–Kier alpha value is -0.300. The van der Waals surface area contributed by atoms with E-state index in [1.54, 1.807) is 11.1 Å². The van der Waals surface area contributed by atoms with Crippen LogP contribution in [0.2, 0.25) is 0 Å². The molecule has 0 spiro atoms. The van der Waals surface area contributed by atoms with E-state index in [2.05, 4.69) is 18.7 Å². The zero-order chi connectivity index (χ0) is 7.84. The van der Waals surface area contributed by atoms with E-state index >= 15 is 0 Å². The summed E-state index contributed by atoms with van der Waals surface area (Å²) in [6.45, 7) is 8.52. The number of nitrogens with zero attached hydrogens (tertiary/aromatic N) is 1. The van der Waals surface area contributed by atoms with Crippen LogP contribution in [0.4, 0.5) is 0 Å². The van der Waals surface area contributed by atoms with Crippen LogP contribution in [0.3, 0.4) is 0 Å². The molecule has 2 aliphatic heterocycles. The molecule has 0 N–H and O–H groups in total. The van der Waals surface area contributed by atoms with Gasteiger partial charge in [0.1, 0.15) is 0 Å². The molecule has 0 amide bonds. The van der Waals surface area contributed by atoms with Gasteiger partial charge in [0.15, 0.2) is 0 Å². The molecule has 1 fully saturated rings. The third-order valence-electron chi connectivity index (χ3n) is 3.25. The summed E-state index contributed by atoms with van der Waals surface area (Å²) in [6.07, 6.45) is 2.84. The van der Waals surface area contributed by atoms with Crippen LogP contribution in [0.25, 0.3) is 0 Å². The Morgan fingerprint density at radius 2 is 2.18 bits per heavy atom. The minimum atomic E-state index is 0.900. The number of rotatable bonds is 0. The zero-order valence-electron chi connectivity index (χ0n) is 7.56. The van der Waals surface area contributed by atoms with Crippen LogP contribution in [0.5, 0.6) is 0 Å². The van der Waals surface area contributed by atoms with Gasteiger partial charge in [-0.3, -0.25) is 4.90 Å². The lowest BCUT2D eigenvalue weighted by molar-refractivity contribution is 0.188. The van der Waals surface area contributed by atoms with E-state index in [-0.39, 0.29) is 0 Å². The van der Waals surface area contributed by atoms with Gasteiger partial charge in [0.05, 0.1) is 0 Å². The van der Waals surface area contributed by atoms with Gasteiger partial charge < -0.3 is 0 Å². The first-order valence-electron chi connectivity index (χ1n) is 4.66. The Morgan fingerprint density at radius 1 is 1.36 bits per heavy atom. The van der Waals surface area contributed by atoms with Crippen molar-refractivity contribution in [2.24, 2.45) is 5.92 Å². The van der Waals surface area contributed by atoms with E-state index in [1.165, 1.54) is 32.5 Å². The highest BCUT2D eigenvalue weighted by molar-refractivity contribution is 5.19. The fourth-order valence-corrected chi connectivity index (χ4v) is 2.36. The van der Waals surface area contributed by atoms with Gasteiger partial charge in [0, 0.05) is 13.1 Å². The number of fused-ring (bicyclic) bond motifs is 2. The largest absolute Gasteiger partial charge is 0.299 e. The van der Waals surface area contributed by atoms with Crippen LogP contribution in [-0.4, -0.2) is 24.5 Å². The van der Waals surface area contributed by atoms with Gasteiger partial charge in [-0.15, -0.1) is 0 Å². The van der Waals surface area contributed by atoms with Crippen LogP contribution in [0, 0.1) is 5.92 Å². The Balaban J connectivity index is 2.23. The van der Waals surface area contributed by atoms with Crippen molar-refractivity contribution >= 4 is 0 Å². The zero-order valence-corrected chi connectivity index (χ0v) is 7.56. The van der Waals surface area contributed by atoms with Crippen LogP contribution in [0.1, 0.15) is 26.7 Å². The Bertz CT molecular complexity index is 193. The third kappa shape index (κ3) is 1.22. The minimum Gasteiger partial charge on any atom is -0.299 e. The van der Waals surface area contributed by atoms with Gasteiger partial charge in [-0.2, -0.15) is 0 Å². The van der Waals surface area contributed by atoms with Crippen molar-refractivity contribution in [2.45, 2.75) is 26.7 Å². The summed E-state index contributed by atoms with van der Waals surface area (Å²) in [6, 6.07) is 0. The summed E-state index contributed by atoms with van der Waals surface area (Å²) in [5.74, 6) is 0.900. The second-order valence-corrected chi connectivity index (χ2v) is 4.04. The summed E-state index contributed by atoms with van der Waals surface area (Å²) < 4.78 is 0. The van der Waals surface area contributed by atoms with Crippen LogP contribution in [-0.2, 0) is 0 Å². The average Bonchev–Trinajstić information content (AvgIpc) is 2.01. The van der Waals surface area contributed by atoms with E-state index in [1.807, 2.05) is 0 Å². The van der Waals surface area contributed by atoms with Crippen molar-refractivity contribution in [2.75, 3.05) is 19.6 Å². The molecule has 62 valence electrons. The number of hydrogen-bond donors (Lipinski definition) is 0. The number of piperidine rings is 1. The molecule has 0 aliphatic carbocycles. The fourth-order valence-electron chi connectivity index (χ4n) is 2.36. The molecule has 2 heterocycles. The first kappa shape index (κ1) is 7.35. The Morgan fingerprint density at radius 3 is 3.00 bits per heavy atom. The average molecular weight is 151 g/mol. The lowest BCUT2D eigenvalue weighted by Gasteiger charge is -2.38. The first-order valence-corrected chi connectivity index (χ1v) is 4.66. The van der Waals surface area contributed by atoms with Crippen molar-refractivity contribution < 1.29 is 0 Å². The lowest BCUT2D eigenvalue weighted by Crippen LogP contribution is -2.40. The van der Waals surface area contributed by atoms with Gasteiger partial charge in [-0.05, 0) is 39.2 Å². The summed E-state index contributed by atoms with van der Waals surface area (Å²) in [4.78, 5) is 2.59. The molecule has 0 radical (unpaired) electrons. The maximum Gasteiger partial charge on any atom is 0.0193 e. The summed E-state index contributed by atoms with van der Waals surface area (Å²) >= 11 is 0. The first-order chi connectivity index (χ1) is 5.27. The maximum atomic E-state index is 2.59. The van der Waals surface area contributed by atoms with Crippen LogP contribution in [0.15, 0.2) is 11.1 Å². The van der Waals surface area contributed by atoms with E-state index in [0.717, 1.165) is 5.92 Å². The van der Waals surface area contributed by atoms with Crippen molar-refractivity contribution in [3.63, 3.8) is 0 Å². The molecule has 11 heavy (non-hydrogen) atoms. The van der Waals surface area contributed by atoms with Crippen LogP contribution >= 0.6 is 0 Å². The smallest absolute Gasteiger partial charge is 0.0193 e. The third-order valence-corrected chi connectivity index (χ3v) is 3.25. The van der Waals surface area contributed by atoms with Gasteiger partial charge in [-0.25, -0.2) is 0 Å². The predicted octanol–water partition coefficient (Wildman–Crippen LogP) is 2.05. The molecule has 1 nitrogen and oxygen atoms in total. The van der Waals surface area contributed by atoms with E-state index < -0.39 is 0 Å². The normalized spacial score (nSPS) is 37.6. The van der Waals surface area contributed by atoms with Crippen molar-refractivity contribution in [3.8, 4) is 0 Å². The van der Waals surface area contributed by atoms with Gasteiger partial charge >= 0.3 is 0 Å². The van der Waals surface area contributed by atoms with Crippen molar-refractivity contribution in [1.82, 2.24) is 4.90 Å². The van der Waals surface area contributed by atoms with E-state index in [4.69, 9.17) is 0 Å². The SMILES string of the molecule is CC1=C(C)C2CCCN(C1)C2. The second-order valence-electron chi connectivity index (χ2n) is 4.04. The lowest BCUT2D eigenvalue weighted by atomic mass is 9.85. The highest BCUT2D eigenvalue weighted by Gasteiger charge is 2.26. The minimum absolute atomic E-state index is 0.900. The molecule has 1 saturated heterocycles. The van der Waals surface area contributed by atoms with Crippen molar-refractivity contribution in [1.29, 1.82) is 0 Å². The molecule has 2 atom stereocenters. The van der Waals surface area contributed by atoms with Gasteiger partial charge in [-0.1, -0.05) is 11.1 Å². The quantitative estimate of drug-likeness (QED) is 0.479. The van der Waals surface area contributed by atoms with Crippen molar-refractivity contribution in [3.05, 3.63) is 11.1 Å². The molecule has 0 saturated carbocycles. The standard InChI is InChI=1S/C10H17N/c1-8-6-11-5-3-4-10(7-11)9(8)2/h10H,3-7H2,1-2H3. The molecule has 0 aromatic rings. The maximum absolute atomic E-state index is 2.59. The molecular formula is C10H17N. The topological polar surface area (TPSA) is 3.24 Å². The molecule has 2 aliphatic rings. The molecule has 2 rings (SSSR count). The summed E-state index contributed by atoms with van der Waals surface area (Å²) in [7, 11) is 0. The van der Waals surface area contributed by atoms with E-state index in [9.17, 15) is 0 Å².